The zero-order valence-corrected chi connectivity index (χ0v) is 20.6. The second-order valence-electron chi connectivity index (χ2n) is 8.47. The molecule has 0 spiro atoms. The fourth-order valence-corrected chi connectivity index (χ4v) is 4.85. The van der Waals surface area contributed by atoms with Gasteiger partial charge in [-0.15, -0.1) is 16.9 Å². The molecule has 0 radical (unpaired) electrons. The van der Waals surface area contributed by atoms with Crippen LogP contribution in [-0.4, -0.2) is 26.0 Å². The highest BCUT2D eigenvalue weighted by molar-refractivity contribution is 7.98. The number of hydrogen-bond donors (Lipinski definition) is 0. The normalized spacial score (nSPS) is 11.2. The number of thioether (sulfide) groups is 1. The monoisotopic (exact) mass is 506 g/mol. The summed E-state index contributed by atoms with van der Waals surface area (Å²) in [6.45, 7) is 0. The predicted octanol–water partition coefficient (Wildman–Crippen LogP) is 7.82. The Morgan fingerprint density at radius 2 is 1.27 bits per heavy atom. The summed E-state index contributed by atoms with van der Waals surface area (Å²) in [5.41, 5.74) is 6.24. The number of benzene rings is 3. The van der Waals surface area contributed by atoms with Crippen LogP contribution in [0, 0.1) is 11.6 Å². The second-order valence-corrected chi connectivity index (χ2v) is 9.35. The van der Waals surface area contributed by atoms with Crippen LogP contribution in [0.15, 0.2) is 108 Å². The minimum atomic E-state index is -0.327. The number of fused-ring (bicyclic) bond motifs is 1. The van der Waals surface area contributed by atoms with Gasteiger partial charge in [-0.05, 0) is 90.2 Å². The van der Waals surface area contributed by atoms with E-state index in [1.54, 1.807) is 53.1 Å². The maximum absolute atomic E-state index is 13.9. The van der Waals surface area contributed by atoms with Gasteiger partial charge in [-0.3, -0.25) is 4.98 Å². The predicted molar refractivity (Wildman–Crippen MR) is 145 cm³/mol. The summed E-state index contributed by atoms with van der Waals surface area (Å²) in [5.74, 6) is -0.644. The summed E-state index contributed by atoms with van der Waals surface area (Å²) in [6, 6.07) is 24.6. The Balaban J connectivity index is 1.70. The molecule has 7 heteroatoms. The van der Waals surface area contributed by atoms with Crippen molar-refractivity contribution in [1.82, 2.24) is 19.7 Å². The van der Waals surface area contributed by atoms with Crippen LogP contribution in [0.25, 0.3) is 50.2 Å². The molecule has 6 aromatic rings. The van der Waals surface area contributed by atoms with Crippen molar-refractivity contribution in [3.63, 3.8) is 0 Å². The van der Waals surface area contributed by atoms with Crippen molar-refractivity contribution in [2.75, 3.05) is 6.26 Å². The van der Waals surface area contributed by atoms with E-state index in [4.69, 9.17) is 10.1 Å². The maximum Gasteiger partial charge on any atom is 0.182 e. The van der Waals surface area contributed by atoms with Crippen molar-refractivity contribution in [2.45, 2.75) is 4.90 Å². The van der Waals surface area contributed by atoms with E-state index in [1.165, 1.54) is 24.3 Å². The molecule has 3 aromatic heterocycles. The smallest absolute Gasteiger partial charge is 0.182 e. The molecule has 0 aliphatic carbocycles. The van der Waals surface area contributed by atoms with Gasteiger partial charge < -0.3 is 0 Å². The average molecular weight is 507 g/mol. The van der Waals surface area contributed by atoms with Crippen LogP contribution < -0.4 is 0 Å². The Morgan fingerprint density at radius 3 is 1.89 bits per heavy atom. The second kappa shape index (κ2) is 9.59. The molecule has 0 saturated heterocycles. The van der Waals surface area contributed by atoms with E-state index in [-0.39, 0.29) is 11.6 Å². The Labute approximate surface area is 216 Å². The minimum Gasteiger partial charge on any atom is -0.265 e. The zero-order chi connectivity index (χ0) is 25.4. The summed E-state index contributed by atoms with van der Waals surface area (Å²) < 4.78 is 29.6. The third-order valence-corrected chi connectivity index (χ3v) is 6.97. The van der Waals surface area contributed by atoms with E-state index in [0.717, 1.165) is 43.8 Å². The lowest BCUT2D eigenvalue weighted by Crippen LogP contribution is -1.96. The van der Waals surface area contributed by atoms with Crippen LogP contribution in [0.4, 0.5) is 8.78 Å². The third-order valence-electron chi connectivity index (χ3n) is 6.23. The van der Waals surface area contributed by atoms with Crippen molar-refractivity contribution in [1.29, 1.82) is 0 Å². The molecule has 37 heavy (non-hydrogen) atoms. The van der Waals surface area contributed by atoms with E-state index in [0.29, 0.717) is 11.3 Å². The van der Waals surface area contributed by atoms with E-state index < -0.39 is 0 Å². The lowest BCUT2D eigenvalue weighted by Gasteiger charge is -2.16. The number of rotatable bonds is 5. The average Bonchev–Trinajstić information content (AvgIpc) is 3.37. The summed E-state index contributed by atoms with van der Waals surface area (Å²) >= 11 is 1.67. The van der Waals surface area contributed by atoms with Crippen molar-refractivity contribution < 1.29 is 8.78 Å². The summed E-state index contributed by atoms with van der Waals surface area (Å²) in [6.07, 6.45) is 7.43. The topological polar surface area (TPSA) is 43.6 Å². The van der Waals surface area contributed by atoms with E-state index >= 15 is 0 Å². The van der Waals surface area contributed by atoms with Gasteiger partial charge in [-0.25, -0.2) is 18.4 Å². The standard InChI is InChI=1S/C30H20F2N4S/c1-37-25-12-10-24(11-13-25)36-18-26-27(19-2-6-22(31)7-3-19)28(20-14-16-33-17-15-20)29(34-30(26)35-36)21-4-8-23(32)9-5-21/h2-18H,1H3. The molecule has 3 aromatic carbocycles. The first-order chi connectivity index (χ1) is 18.1. The summed E-state index contributed by atoms with van der Waals surface area (Å²) in [4.78, 5) is 10.3. The molecule has 0 N–H and O–H groups in total. The van der Waals surface area contributed by atoms with Gasteiger partial charge in [0.25, 0.3) is 0 Å². The highest BCUT2D eigenvalue weighted by Gasteiger charge is 2.22. The molecule has 4 nitrogen and oxygen atoms in total. The molecule has 0 bridgehead atoms. The number of nitrogens with zero attached hydrogens (tertiary/aromatic N) is 4. The van der Waals surface area contributed by atoms with E-state index in [1.807, 2.05) is 48.9 Å². The first kappa shape index (κ1) is 23.1. The molecule has 0 saturated carbocycles. The third kappa shape index (κ3) is 4.38. The quantitative estimate of drug-likeness (QED) is 0.224. The van der Waals surface area contributed by atoms with Crippen LogP contribution in [0.3, 0.4) is 0 Å². The van der Waals surface area contributed by atoms with Gasteiger partial charge in [0, 0.05) is 45.6 Å². The Hall–Kier alpha value is -4.36. The molecule has 0 amide bonds. The van der Waals surface area contributed by atoms with Gasteiger partial charge in [0.05, 0.1) is 11.4 Å². The molecule has 180 valence electrons. The summed E-state index contributed by atoms with van der Waals surface area (Å²) in [7, 11) is 0. The fraction of sp³-hybridized carbons (Fsp3) is 0.0333. The highest BCUT2D eigenvalue weighted by atomic mass is 32.2. The van der Waals surface area contributed by atoms with Crippen molar-refractivity contribution in [3.05, 3.63) is 115 Å². The molecule has 0 unspecified atom stereocenters. The molecule has 0 atom stereocenters. The van der Waals surface area contributed by atoms with Crippen molar-refractivity contribution in [2.24, 2.45) is 0 Å². The van der Waals surface area contributed by atoms with E-state index in [2.05, 4.69) is 4.98 Å². The lowest BCUT2D eigenvalue weighted by molar-refractivity contribution is 0.627. The maximum atomic E-state index is 13.9. The number of halogens is 2. The first-order valence-electron chi connectivity index (χ1n) is 11.6. The van der Waals surface area contributed by atoms with Crippen LogP contribution in [0.2, 0.25) is 0 Å². The molecular formula is C30H20F2N4S. The minimum absolute atomic E-state index is 0.317. The first-order valence-corrected chi connectivity index (χ1v) is 12.8. The molecule has 3 heterocycles. The molecule has 0 aliphatic rings. The van der Waals surface area contributed by atoms with Crippen LogP contribution in [-0.2, 0) is 0 Å². The van der Waals surface area contributed by atoms with E-state index in [9.17, 15) is 8.78 Å². The summed E-state index contributed by atoms with van der Waals surface area (Å²) in [5, 5.41) is 5.64. The number of pyridine rings is 2. The number of hydrogen-bond acceptors (Lipinski definition) is 4. The number of aromatic nitrogens is 4. The van der Waals surface area contributed by atoms with Gasteiger partial charge in [0.15, 0.2) is 5.65 Å². The SMILES string of the molecule is CSc1ccc(-n2cc3c(-c4ccc(F)cc4)c(-c4ccncc4)c(-c4ccc(F)cc4)nc3n2)cc1. The van der Waals surface area contributed by atoms with Gasteiger partial charge >= 0.3 is 0 Å². The van der Waals surface area contributed by atoms with Crippen LogP contribution in [0.5, 0.6) is 0 Å². The molecule has 0 aliphatic heterocycles. The molecule has 6 rings (SSSR count). The van der Waals surface area contributed by atoms with Crippen molar-refractivity contribution in [3.8, 4) is 39.2 Å². The largest absolute Gasteiger partial charge is 0.265 e. The lowest BCUT2D eigenvalue weighted by atomic mass is 9.90. The van der Waals surface area contributed by atoms with Crippen LogP contribution in [0.1, 0.15) is 0 Å². The molecule has 0 fully saturated rings. The Kier molecular flexibility index (Phi) is 5.98. The highest BCUT2D eigenvalue weighted by Crippen LogP contribution is 2.43. The zero-order valence-electron chi connectivity index (χ0n) is 19.8. The Bertz CT molecular complexity index is 1700. The molecular weight excluding hydrogens is 486 g/mol. The van der Waals surface area contributed by atoms with Crippen molar-refractivity contribution >= 4 is 22.8 Å². The Morgan fingerprint density at radius 1 is 0.676 bits per heavy atom. The van der Waals surface area contributed by atoms with Crippen LogP contribution >= 0.6 is 11.8 Å². The fourth-order valence-electron chi connectivity index (χ4n) is 4.44. The van der Waals surface area contributed by atoms with Gasteiger partial charge in [-0.1, -0.05) is 12.1 Å². The van der Waals surface area contributed by atoms with Gasteiger partial charge in [0.2, 0.25) is 0 Å². The van der Waals surface area contributed by atoms with Gasteiger partial charge in [0.1, 0.15) is 11.6 Å². The van der Waals surface area contributed by atoms with Gasteiger partial charge in [-0.2, -0.15) is 0 Å².